The van der Waals surface area contributed by atoms with Crippen LogP contribution in [0, 0.1) is 0 Å². The summed E-state index contributed by atoms with van der Waals surface area (Å²) in [6.07, 6.45) is 0.673. The van der Waals surface area contributed by atoms with Crippen molar-refractivity contribution in [3.63, 3.8) is 0 Å². The number of carbonyl (C=O) groups is 1. The quantitative estimate of drug-likeness (QED) is 0.864. The molecule has 0 heterocycles. The van der Waals surface area contributed by atoms with Gasteiger partial charge in [-0.1, -0.05) is 11.6 Å². The molecule has 0 bridgehead atoms. The third-order valence-corrected chi connectivity index (χ3v) is 2.52. The van der Waals surface area contributed by atoms with Gasteiger partial charge in [0.05, 0.1) is 0 Å². The lowest BCUT2D eigenvalue weighted by molar-refractivity contribution is -0.130. The zero-order valence-electron chi connectivity index (χ0n) is 10.1. The van der Waals surface area contributed by atoms with Crippen LogP contribution >= 0.6 is 11.6 Å². The molecular weight excluding hydrogens is 240 g/mol. The van der Waals surface area contributed by atoms with Gasteiger partial charge in [0.25, 0.3) is 5.91 Å². The second-order valence-corrected chi connectivity index (χ2v) is 4.30. The van der Waals surface area contributed by atoms with Crippen molar-refractivity contribution in [3.8, 4) is 5.75 Å². The highest BCUT2D eigenvalue weighted by atomic mass is 35.5. The van der Waals surface area contributed by atoms with Crippen LogP contribution in [0.25, 0.3) is 0 Å². The van der Waals surface area contributed by atoms with Crippen molar-refractivity contribution < 1.29 is 9.53 Å². The Bertz CT molecular complexity index is 394. The van der Waals surface area contributed by atoms with E-state index in [0.717, 1.165) is 5.56 Å². The number of halogens is 1. The molecule has 1 aromatic carbocycles. The molecule has 1 rings (SSSR count). The maximum Gasteiger partial charge on any atom is 0.259 e. The molecule has 0 unspecified atom stereocenters. The fourth-order valence-electron chi connectivity index (χ4n) is 1.31. The minimum Gasteiger partial charge on any atom is -0.483 e. The van der Waals surface area contributed by atoms with Crippen LogP contribution in [0.4, 0.5) is 0 Å². The number of hydrogen-bond donors (Lipinski definition) is 1. The minimum absolute atomic E-state index is 0.0200. The van der Waals surface area contributed by atoms with Crippen LogP contribution in [0.15, 0.2) is 18.2 Å². The molecule has 94 valence electrons. The average molecular weight is 257 g/mol. The van der Waals surface area contributed by atoms with Gasteiger partial charge in [0.2, 0.25) is 0 Å². The molecular formula is C12H17ClN2O2. The number of ether oxygens (including phenoxy) is 1. The molecule has 17 heavy (non-hydrogen) atoms. The van der Waals surface area contributed by atoms with Crippen molar-refractivity contribution in [2.24, 2.45) is 5.73 Å². The van der Waals surface area contributed by atoms with Crippen molar-refractivity contribution in [3.05, 3.63) is 28.8 Å². The van der Waals surface area contributed by atoms with E-state index >= 15 is 0 Å². The summed E-state index contributed by atoms with van der Waals surface area (Å²) in [4.78, 5) is 12.9. The summed E-state index contributed by atoms with van der Waals surface area (Å²) in [5.41, 5.74) is 6.43. The molecule has 0 fully saturated rings. The van der Waals surface area contributed by atoms with Gasteiger partial charge in [-0.05, 0) is 36.7 Å². The number of hydrogen-bond acceptors (Lipinski definition) is 3. The summed E-state index contributed by atoms with van der Waals surface area (Å²) in [6.45, 7) is 0.532. The van der Waals surface area contributed by atoms with Crippen molar-refractivity contribution in [1.29, 1.82) is 0 Å². The molecule has 2 N–H and O–H groups in total. The van der Waals surface area contributed by atoms with Gasteiger partial charge in [-0.3, -0.25) is 4.79 Å². The Labute approximate surface area is 106 Å². The zero-order valence-corrected chi connectivity index (χ0v) is 10.8. The fourth-order valence-corrected chi connectivity index (χ4v) is 1.50. The molecule has 0 atom stereocenters. The van der Waals surface area contributed by atoms with Gasteiger partial charge in [-0.15, -0.1) is 0 Å². The monoisotopic (exact) mass is 256 g/mol. The van der Waals surface area contributed by atoms with Crippen molar-refractivity contribution in [2.45, 2.75) is 6.42 Å². The summed E-state index contributed by atoms with van der Waals surface area (Å²) >= 11 is 5.89. The molecule has 0 aliphatic rings. The molecule has 4 nitrogen and oxygen atoms in total. The smallest absolute Gasteiger partial charge is 0.259 e. The Morgan fingerprint density at radius 3 is 2.76 bits per heavy atom. The van der Waals surface area contributed by atoms with Crippen LogP contribution < -0.4 is 10.5 Å². The zero-order chi connectivity index (χ0) is 12.8. The second kappa shape index (κ2) is 6.47. The van der Waals surface area contributed by atoms with E-state index in [9.17, 15) is 4.79 Å². The molecule has 1 aromatic rings. The van der Waals surface area contributed by atoms with Crippen LogP contribution in [0.2, 0.25) is 5.02 Å². The highest BCUT2D eigenvalue weighted by Gasteiger charge is 2.08. The molecule has 5 heteroatoms. The molecule has 1 amide bonds. The largest absolute Gasteiger partial charge is 0.483 e. The predicted octanol–water partition coefficient (Wildman–Crippen LogP) is 1.31. The van der Waals surface area contributed by atoms with Crippen molar-refractivity contribution in [1.82, 2.24) is 4.90 Å². The third kappa shape index (κ3) is 4.24. The summed E-state index contributed by atoms with van der Waals surface area (Å²) in [5, 5.41) is 0.639. The molecule has 0 saturated heterocycles. The number of amides is 1. The highest BCUT2D eigenvalue weighted by Crippen LogP contribution is 2.23. The molecule has 0 aliphatic carbocycles. The number of carbonyl (C=O) groups excluding carboxylic acids is 1. The van der Waals surface area contributed by atoms with Crippen molar-refractivity contribution in [2.75, 3.05) is 27.2 Å². The molecule has 0 aromatic heterocycles. The number of nitrogens with zero attached hydrogens (tertiary/aromatic N) is 1. The Morgan fingerprint density at radius 2 is 2.18 bits per heavy atom. The van der Waals surface area contributed by atoms with E-state index in [4.69, 9.17) is 22.1 Å². The topological polar surface area (TPSA) is 55.6 Å². The van der Waals surface area contributed by atoms with Crippen LogP contribution in [0.5, 0.6) is 5.75 Å². The van der Waals surface area contributed by atoms with Crippen LogP contribution in [-0.2, 0) is 11.2 Å². The first-order valence-electron chi connectivity index (χ1n) is 5.36. The first-order valence-corrected chi connectivity index (χ1v) is 5.74. The standard InChI is InChI=1S/C12H17ClN2O2/c1-15(2)12(16)8-17-11-4-3-10(13)7-9(11)5-6-14/h3-4,7H,5-6,8,14H2,1-2H3. The summed E-state index contributed by atoms with van der Waals surface area (Å²) in [7, 11) is 3.38. The average Bonchev–Trinajstić information content (AvgIpc) is 2.28. The van der Waals surface area contributed by atoms with Gasteiger partial charge in [0.1, 0.15) is 5.75 Å². The van der Waals surface area contributed by atoms with Gasteiger partial charge < -0.3 is 15.4 Å². The Morgan fingerprint density at radius 1 is 1.47 bits per heavy atom. The predicted molar refractivity (Wildman–Crippen MR) is 68.4 cm³/mol. The van der Waals surface area contributed by atoms with Gasteiger partial charge in [0.15, 0.2) is 6.61 Å². The first-order chi connectivity index (χ1) is 8.04. The molecule has 0 radical (unpaired) electrons. The number of rotatable bonds is 5. The van der Waals surface area contributed by atoms with Gasteiger partial charge in [0, 0.05) is 19.1 Å². The van der Waals surface area contributed by atoms with Gasteiger partial charge in [-0.2, -0.15) is 0 Å². The van der Waals surface area contributed by atoms with E-state index in [-0.39, 0.29) is 12.5 Å². The van der Waals surface area contributed by atoms with Gasteiger partial charge in [-0.25, -0.2) is 0 Å². The van der Waals surface area contributed by atoms with Crippen LogP contribution in [-0.4, -0.2) is 38.1 Å². The van der Waals surface area contributed by atoms with Crippen LogP contribution in [0.3, 0.4) is 0 Å². The first kappa shape index (κ1) is 13.8. The Kier molecular flexibility index (Phi) is 5.25. The number of likely N-dealkylation sites (N-methyl/N-ethyl adjacent to an activating group) is 1. The van der Waals surface area contributed by atoms with E-state index in [2.05, 4.69) is 0 Å². The number of benzene rings is 1. The maximum absolute atomic E-state index is 11.4. The van der Waals surface area contributed by atoms with E-state index < -0.39 is 0 Å². The summed E-state index contributed by atoms with van der Waals surface area (Å²) in [5.74, 6) is 0.577. The van der Waals surface area contributed by atoms with E-state index in [0.29, 0.717) is 23.7 Å². The SMILES string of the molecule is CN(C)C(=O)COc1ccc(Cl)cc1CCN. The summed E-state index contributed by atoms with van der Waals surface area (Å²) in [6, 6.07) is 5.30. The third-order valence-electron chi connectivity index (χ3n) is 2.29. The lowest BCUT2D eigenvalue weighted by Crippen LogP contribution is -2.27. The normalized spacial score (nSPS) is 10.1. The van der Waals surface area contributed by atoms with Gasteiger partial charge >= 0.3 is 0 Å². The lowest BCUT2D eigenvalue weighted by atomic mass is 10.1. The lowest BCUT2D eigenvalue weighted by Gasteiger charge is -2.14. The van der Waals surface area contributed by atoms with E-state index in [1.807, 2.05) is 6.07 Å². The maximum atomic E-state index is 11.4. The summed E-state index contributed by atoms with van der Waals surface area (Å²) < 4.78 is 5.46. The second-order valence-electron chi connectivity index (χ2n) is 3.87. The Balaban J connectivity index is 2.72. The fraction of sp³-hybridized carbons (Fsp3) is 0.417. The van der Waals surface area contributed by atoms with E-state index in [1.165, 1.54) is 4.90 Å². The number of nitrogens with two attached hydrogens (primary N) is 1. The highest BCUT2D eigenvalue weighted by molar-refractivity contribution is 6.30. The minimum atomic E-state index is -0.0846. The molecule has 0 saturated carbocycles. The van der Waals surface area contributed by atoms with Crippen LogP contribution in [0.1, 0.15) is 5.56 Å². The molecule has 0 aliphatic heterocycles. The molecule has 0 spiro atoms. The van der Waals surface area contributed by atoms with E-state index in [1.54, 1.807) is 26.2 Å². The Hall–Kier alpha value is -1.26. The van der Waals surface area contributed by atoms with Crippen molar-refractivity contribution >= 4 is 17.5 Å².